The maximum absolute atomic E-state index is 13.3. The maximum Gasteiger partial charge on any atom is 0.243 e. The van der Waals surface area contributed by atoms with Gasteiger partial charge in [0, 0.05) is 5.56 Å². The molecule has 0 saturated carbocycles. The number of nitrogens with one attached hydrogen (secondary N) is 1. The lowest BCUT2D eigenvalue weighted by atomic mass is 10.1. The van der Waals surface area contributed by atoms with E-state index >= 15 is 0 Å². The predicted molar refractivity (Wildman–Crippen MR) is 71.1 cm³/mol. The lowest BCUT2D eigenvalue weighted by Crippen LogP contribution is -2.19. The SMILES string of the molecule is CCCNC(C)c1nc(-c2cc(F)ccc2C)no1. The van der Waals surface area contributed by atoms with Gasteiger partial charge in [-0.2, -0.15) is 4.98 Å². The first-order valence-corrected chi connectivity index (χ1v) is 6.45. The number of aryl methyl sites for hydroxylation is 1. The highest BCUT2D eigenvalue weighted by atomic mass is 19.1. The van der Waals surface area contributed by atoms with Gasteiger partial charge in [0.1, 0.15) is 5.82 Å². The first-order valence-electron chi connectivity index (χ1n) is 6.45. The Kier molecular flexibility index (Phi) is 4.27. The van der Waals surface area contributed by atoms with Gasteiger partial charge in [0.2, 0.25) is 11.7 Å². The molecule has 0 aliphatic rings. The van der Waals surface area contributed by atoms with E-state index < -0.39 is 0 Å². The number of halogens is 1. The Morgan fingerprint density at radius 1 is 1.42 bits per heavy atom. The Bertz CT molecular complexity index is 553. The number of rotatable bonds is 5. The zero-order valence-corrected chi connectivity index (χ0v) is 11.4. The van der Waals surface area contributed by atoms with Gasteiger partial charge in [-0.05, 0) is 44.5 Å². The summed E-state index contributed by atoms with van der Waals surface area (Å²) in [5.41, 5.74) is 1.58. The van der Waals surface area contributed by atoms with Gasteiger partial charge in [0.25, 0.3) is 0 Å². The molecule has 1 heterocycles. The standard InChI is InChI=1S/C14H18FN3O/c1-4-7-16-10(3)14-17-13(18-19-14)12-8-11(15)6-5-9(12)2/h5-6,8,10,16H,4,7H2,1-3H3. The van der Waals surface area contributed by atoms with Crippen molar-refractivity contribution >= 4 is 0 Å². The molecule has 0 aliphatic heterocycles. The molecule has 102 valence electrons. The average Bonchev–Trinajstić information content (AvgIpc) is 2.88. The summed E-state index contributed by atoms with van der Waals surface area (Å²) in [6.45, 7) is 6.84. The van der Waals surface area contributed by atoms with Crippen LogP contribution in [-0.2, 0) is 0 Å². The van der Waals surface area contributed by atoms with Gasteiger partial charge in [-0.25, -0.2) is 4.39 Å². The van der Waals surface area contributed by atoms with Gasteiger partial charge < -0.3 is 9.84 Å². The molecule has 0 bridgehead atoms. The molecule has 1 aromatic carbocycles. The second-order valence-electron chi connectivity index (χ2n) is 4.59. The topological polar surface area (TPSA) is 51.0 Å². The fraction of sp³-hybridized carbons (Fsp3) is 0.429. The van der Waals surface area contributed by atoms with E-state index in [2.05, 4.69) is 22.4 Å². The van der Waals surface area contributed by atoms with Crippen LogP contribution in [0, 0.1) is 12.7 Å². The van der Waals surface area contributed by atoms with E-state index in [0.717, 1.165) is 18.5 Å². The van der Waals surface area contributed by atoms with E-state index in [-0.39, 0.29) is 11.9 Å². The van der Waals surface area contributed by atoms with Crippen LogP contribution < -0.4 is 5.32 Å². The highest BCUT2D eigenvalue weighted by Crippen LogP contribution is 2.23. The summed E-state index contributed by atoms with van der Waals surface area (Å²) in [5, 5.41) is 7.19. The Labute approximate surface area is 112 Å². The van der Waals surface area contributed by atoms with Crippen LogP contribution in [0.2, 0.25) is 0 Å². The molecule has 0 saturated heterocycles. The lowest BCUT2D eigenvalue weighted by Gasteiger charge is -2.07. The molecule has 1 atom stereocenters. The quantitative estimate of drug-likeness (QED) is 0.899. The van der Waals surface area contributed by atoms with Crippen molar-refractivity contribution in [3.63, 3.8) is 0 Å². The summed E-state index contributed by atoms with van der Waals surface area (Å²) in [5.74, 6) is 0.647. The van der Waals surface area contributed by atoms with Crippen LogP contribution in [0.3, 0.4) is 0 Å². The van der Waals surface area contributed by atoms with E-state index in [9.17, 15) is 4.39 Å². The molecule has 4 nitrogen and oxygen atoms in total. The van der Waals surface area contributed by atoms with Gasteiger partial charge in [0.15, 0.2) is 0 Å². The Hall–Kier alpha value is -1.75. The van der Waals surface area contributed by atoms with Crippen LogP contribution in [0.4, 0.5) is 4.39 Å². The molecule has 0 fully saturated rings. The fourth-order valence-corrected chi connectivity index (χ4v) is 1.80. The Morgan fingerprint density at radius 3 is 2.95 bits per heavy atom. The van der Waals surface area contributed by atoms with Crippen LogP contribution >= 0.6 is 0 Å². The minimum absolute atomic E-state index is 0.00457. The van der Waals surface area contributed by atoms with Crippen molar-refractivity contribution in [3.05, 3.63) is 35.5 Å². The van der Waals surface area contributed by atoms with Crippen LogP contribution in [-0.4, -0.2) is 16.7 Å². The van der Waals surface area contributed by atoms with Crippen molar-refractivity contribution in [3.8, 4) is 11.4 Å². The van der Waals surface area contributed by atoms with Crippen molar-refractivity contribution in [1.82, 2.24) is 15.5 Å². The van der Waals surface area contributed by atoms with Gasteiger partial charge in [-0.3, -0.25) is 0 Å². The Balaban J connectivity index is 2.23. The Morgan fingerprint density at radius 2 is 2.21 bits per heavy atom. The minimum Gasteiger partial charge on any atom is -0.337 e. The molecule has 1 unspecified atom stereocenters. The number of nitrogens with zero attached hydrogens (tertiary/aromatic N) is 2. The molecule has 2 aromatic rings. The second kappa shape index (κ2) is 5.93. The van der Waals surface area contributed by atoms with Crippen molar-refractivity contribution in [1.29, 1.82) is 0 Å². The molecule has 1 aromatic heterocycles. The maximum atomic E-state index is 13.3. The van der Waals surface area contributed by atoms with Crippen molar-refractivity contribution in [2.45, 2.75) is 33.2 Å². The zero-order chi connectivity index (χ0) is 13.8. The van der Waals surface area contributed by atoms with Crippen LogP contribution in [0.1, 0.15) is 37.8 Å². The summed E-state index contributed by atoms with van der Waals surface area (Å²) in [7, 11) is 0. The number of benzene rings is 1. The smallest absolute Gasteiger partial charge is 0.243 e. The summed E-state index contributed by atoms with van der Waals surface area (Å²) < 4.78 is 18.5. The third kappa shape index (κ3) is 3.17. The third-order valence-electron chi connectivity index (χ3n) is 2.95. The highest BCUT2D eigenvalue weighted by molar-refractivity contribution is 5.59. The lowest BCUT2D eigenvalue weighted by molar-refractivity contribution is 0.340. The normalized spacial score (nSPS) is 12.6. The van der Waals surface area contributed by atoms with Gasteiger partial charge in [-0.1, -0.05) is 18.1 Å². The van der Waals surface area contributed by atoms with Crippen molar-refractivity contribution in [2.24, 2.45) is 0 Å². The zero-order valence-electron chi connectivity index (χ0n) is 11.4. The van der Waals surface area contributed by atoms with E-state index in [1.165, 1.54) is 12.1 Å². The minimum atomic E-state index is -0.302. The summed E-state index contributed by atoms with van der Waals surface area (Å²) >= 11 is 0. The van der Waals surface area contributed by atoms with Gasteiger partial charge in [-0.15, -0.1) is 0 Å². The first kappa shape index (κ1) is 13.7. The largest absolute Gasteiger partial charge is 0.337 e. The monoisotopic (exact) mass is 263 g/mol. The predicted octanol–water partition coefficient (Wildman–Crippen LogP) is 3.24. The van der Waals surface area contributed by atoms with E-state index in [1.807, 2.05) is 13.8 Å². The molecular weight excluding hydrogens is 245 g/mol. The van der Waals surface area contributed by atoms with Crippen molar-refractivity contribution in [2.75, 3.05) is 6.54 Å². The van der Waals surface area contributed by atoms with Crippen molar-refractivity contribution < 1.29 is 8.91 Å². The number of hydrogen-bond donors (Lipinski definition) is 1. The summed E-state index contributed by atoms with van der Waals surface area (Å²) in [6, 6.07) is 4.55. The van der Waals surface area contributed by atoms with Gasteiger partial charge in [0.05, 0.1) is 6.04 Å². The number of hydrogen-bond acceptors (Lipinski definition) is 4. The van der Waals surface area contributed by atoms with E-state index in [0.29, 0.717) is 17.3 Å². The average molecular weight is 263 g/mol. The third-order valence-corrected chi connectivity index (χ3v) is 2.95. The fourth-order valence-electron chi connectivity index (χ4n) is 1.80. The van der Waals surface area contributed by atoms with E-state index in [1.54, 1.807) is 6.07 Å². The van der Waals surface area contributed by atoms with Crippen LogP contribution in [0.5, 0.6) is 0 Å². The molecular formula is C14H18FN3O. The van der Waals surface area contributed by atoms with E-state index in [4.69, 9.17) is 4.52 Å². The molecule has 1 N–H and O–H groups in total. The molecule has 5 heteroatoms. The van der Waals surface area contributed by atoms with Gasteiger partial charge >= 0.3 is 0 Å². The molecule has 0 aliphatic carbocycles. The second-order valence-corrected chi connectivity index (χ2v) is 4.59. The van der Waals surface area contributed by atoms with Crippen LogP contribution in [0.25, 0.3) is 11.4 Å². The molecule has 2 rings (SSSR count). The summed E-state index contributed by atoms with van der Waals surface area (Å²) in [4.78, 5) is 4.33. The molecule has 0 amide bonds. The molecule has 0 spiro atoms. The van der Waals surface area contributed by atoms with Crippen LogP contribution in [0.15, 0.2) is 22.7 Å². The molecule has 19 heavy (non-hydrogen) atoms. The molecule has 0 radical (unpaired) electrons. The number of aromatic nitrogens is 2. The highest BCUT2D eigenvalue weighted by Gasteiger charge is 2.15. The first-order chi connectivity index (χ1) is 9.11. The summed E-state index contributed by atoms with van der Waals surface area (Å²) in [6.07, 6.45) is 1.04.